The summed E-state index contributed by atoms with van der Waals surface area (Å²) in [5.74, 6) is 2.60. The fourth-order valence-corrected chi connectivity index (χ4v) is 1.83. The molecular formula is C13H17N5O4. The van der Waals surface area contributed by atoms with Gasteiger partial charge in [-0.3, -0.25) is 24.6 Å². The first-order chi connectivity index (χ1) is 10.4. The molecule has 0 radical (unpaired) electrons. The van der Waals surface area contributed by atoms with Crippen molar-refractivity contribution in [2.75, 3.05) is 21.1 Å². The smallest absolute Gasteiger partial charge is 0.266 e. The van der Waals surface area contributed by atoms with Crippen molar-refractivity contribution in [1.29, 1.82) is 0 Å². The predicted octanol–water partition coefficient (Wildman–Crippen LogP) is -1.63. The summed E-state index contributed by atoms with van der Waals surface area (Å²) in [6.45, 7) is 0. The summed E-state index contributed by atoms with van der Waals surface area (Å²) in [6, 6.07) is 2.32. The Hall–Kier alpha value is -2.94. The van der Waals surface area contributed by atoms with E-state index in [0.29, 0.717) is 0 Å². The van der Waals surface area contributed by atoms with Crippen molar-refractivity contribution in [2.24, 2.45) is 5.84 Å². The van der Waals surface area contributed by atoms with Gasteiger partial charge < -0.3 is 16.0 Å². The van der Waals surface area contributed by atoms with E-state index in [1.165, 1.54) is 27.2 Å². The number of amides is 4. The van der Waals surface area contributed by atoms with Crippen LogP contribution in [0.2, 0.25) is 0 Å². The molecule has 1 aromatic rings. The van der Waals surface area contributed by atoms with Crippen LogP contribution in [0.1, 0.15) is 41.4 Å². The second kappa shape index (κ2) is 7.18. The number of benzene rings is 1. The van der Waals surface area contributed by atoms with E-state index in [9.17, 15) is 19.2 Å². The predicted molar refractivity (Wildman–Crippen MR) is 78.3 cm³/mol. The molecule has 1 aromatic carbocycles. The van der Waals surface area contributed by atoms with Gasteiger partial charge in [-0.25, -0.2) is 5.84 Å². The number of hydrogen-bond acceptors (Lipinski definition) is 5. The molecule has 0 spiro atoms. The van der Waals surface area contributed by atoms with Gasteiger partial charge in [-0.15, -0.1) is 0 Å². The van der Waals surface area contributed by atoms with E-state index in [0.717, 1.165) is 6.07 Å². The molecule has 0 aliphatic carbocycles. The standard InChI is InChI=1S/C13H17N5O4/c1-15-10(19)6-4-8(12(21)17-3)9(13(22)18-14)5-7(6)11(20)16-2/h4-5H,14H2,1-3H3,(H,15,19)(H,16,20)(H,17,21)(H,18,22). The molecule has 0 aliphatic heterocycles. The fraction of sp³-hybridized carbons (Fsp3) is 0.231. The number of nitrogens with one attached hydrogen (secondary N) is 4. The molecule has 0 atom stereocenters. The average molecular weight is 307 g/mol. The molecule has 22 heavy (non-hydrogen) atoms. The maximum atomic E-state index is 11.9. The van der Waals surface area contributed by atoms with Gasteiger partial charge >= 0.3 is 0 Å². The van der Waals surface area contributed by atoms with Gasteiger partial charge in [0.25, 0.3) is 23.6 Å². The zero-order chi connectivity index (χ0) is 16.9. The molecule has 0 fully saturated rings. The number of carbonyl (C=O) groups excluding carboxylic acids is 4. The van der Waals surface area contributed by atoms with E-state index in [2.05, 4.69) is 16.0 Å². The highest BCUT2D eigenvalue weighted by Crippen LogP contribution is 2.18. The van der Waals surface area contributed by atoms with E-state index < -0.39 is 23.6 Å². The van der Waals surface area contributed by atoms with Gasteiger partial charge in [0.1, 0.15) is 0 Å². The lowest BCUT2D eigenvalue weighted by Crippen LogP contribution is -2.34. The summed E-state index contributed by atoms with van der Waals surface area (Å²) in [6.07, 6.45) is 0. The van der Waals surface area contributed by atoms with E-state index >= 15 is 0 Å². The first kappa shape index (κ1) is 17.1. The molecule has 1 rings (SSSR count). The van der Waals surface area contributed by atoms with Gasteiger partial charge in [0.15, 0.2) is 0 Å². The molecule has 4 amide bonds. The Morgan fingerprint density at radius 1 is 0.682 bits per heavy atom. The lowest BCUT2D eigenvalue weighted by Gasteiger charge is -2.13. The quantitative estimate of drug-likeness (QED) is 0.258. The Morgan fingerprint density at radius 2 is 0.955 bits per heavy atom. The van der Waals surface area contributed by atoms with Gasteiger partial charge in [-0.2, -0.15) is 0 Å². The van der Waals surface area contributed by atoms with Crippen LogP contribution in [-0.4, -0.2) is 44.8 Å². The van der Waals surface area contributed by atoms with Crippen molar-refractivity contribution >= 4 is 23.6 Å². The minimum Gasteiger partial charge on any atom is -0.355 e. The van der Waals surface area contributed by atoms with Crippen LogP contribution in [0.25, 0.3) is 0 Å². The third-order valence-electron chi connectivity index (χ3n) is 2.95. The van der Waals surface area contributed by atoms with Crippen LogP contribution >= 0.6 is 0 Å². The van der Waals surface area contributed by atoms with Crippen LogP contribution in [0.15, 0.2) is 12.1 Å². The van der Waals surface area contributed by atoms with Gasteiger partial charge in [0, 0.05) is 21.1 Å². The van der Waals surface area contributed by atoms with Crippen LogP contribution in [0, 0.1) is 0 Å². The first-order valence-electron chi connectivity index (χ1n) is 6.26. The van der Waals surface area contributed by atoms with E-state index in [-0.39, 0.29) is 22.3 Å². The topological polar surface area (TPSA) is 142 Å². The number of hydrazine groups is 1. The Balaban J connectivity index is 3.70. The molecule has 118 valence electrons. The Morgan fingerprint density at radius 3 is 1.18 bits per heavy atom. The van der Waals surface area contributed by atoms with Crippen LogP contribution < -0.4 is 27.2 Å². The van der Waals surface area contributed by atoms with Crippen molar-refractivity contribution < 1.29 is 19.2 Å². The fourth-order valence-electron chi connectivity index (χ4n) is 1.83. The lowest BCUT2D eigenvalue weighted by atomic mass is 9.96. The average Bonchev–Trinajstić information content (AvgIpc) is 2.57. The zero-order valence-electron chi connectivity index (χ0n) is 12.4. The molecule has 6 N–H and O–H groups in total. The maximum absolute atomic E-state index is 11.9. The Labute approximate surface area is 126 Å². The Bertz CT molecular complexity index is 535. The van der Waals surface area contributed by atoms with E-state index in [1.54, 1.807) is 0 Å². The van der Waals surface area contributed by atoms with Gasteiger partial charge in [-0.1, -0.05) is 0 Å². The monoisotopic (exact) mass is 307 g/mol. The minimum absolute atomic E-state index is 0.0333. The van der Waals surface area contributed by atoms with Crippen molar-refractivity contribution in [3.05, 3.63) is 34.4 Å². The first-order valence-corrected chi connectivity index (χ1v) is 6.26. The van der Waals surface area contributed by atoms with Crippen molar-refractivity contribution in [1.82, 2.24) is 21.4 Å². The SMILES string of the molecule is CNC(=O)c1cc(C(=O)NC)c(C(=O)NN)cc1C(=O)NC. The van der Waals surface area contributed by atoms with Crippen LogP contribution in [0.3, 0.4) is 0 Å². The molecule has 0 saturated heterocycles. The second-order valence-electron chi connectivity index (χ2n) is 4.15. The number of nitrogens with two attached hydrogens (primary N) is 1. The lowest BCUT2D eigenvalue weighted by molar-refractivity contribution is 0.0915. The molecule has 0 saturated carbocycles. The molecule has 0 bridgehead atoms. The van der Waals surface area contributed by atoms with Crippen LogP contribution in [-0.2, 0) is 0 Å². The molecule has 9 heteroatoms. The van der Waals surface area contributed by atoms with Crippen molar-refractivity contribution in [3.8, 4) is 0 Å². The molecular weight excluding hydrogens is 290 g/mol. The summed E-state index contributed by atoms with van der Waals surface area (Å²) in [4.78, 5) is 47.6. The third-order valence-corrected chi connectivity index (χ3v) is 2.95. The number of rotatable bonds is 4. The summed E-state index contributed by atoms with van der Waals surface area (Å²) < 4.78 is 0. The van der Waals surface area contributed by atoms with Gasteiger partial charge in [-0.05, 0) is 12.1 Å². The zero-order valence-corrected chi connectivity index (χ0v) is 12.4. The number of nitrogen functional groups attached to an aromatic ring is 1. The summed E-state index contributed by atoms with van der Waals surface area (Å²) >= 11 is 0. The second-order valence-corrected chi connectivity index (χ2v) is 4.15. The van der Waals surface area contributed by atoms with Gasteiger partial charge in [0.05, 0.1) is 22.3 Å². The van der Waals surface area contributed by atoms with Crippen molar-refractivity contribution in [2.45, 2.75) is 0 Å². The Kier molecular flexibility index (Phi) is 5.58. The number of hydrogen-bond donors (Lipinski definition) is 5. The molecule has 0 aromatic heterocycles. The largest absolute Gasteiger partial charge is 0.355 e. The minimum atomic E-state index is -0.757. The normalized spacial score (nSPS) is 9.64. The highest BCUT2D eigenvalue weighted by molar-refractivity contribution is 6.13. The summed E-state index contributed by atoms with van der Waals surface area (Å²) in [5.41, 5.74) is 1.62. The summed E-state index contributed by atoms with van der Waals surface area (Å²) in [7, 11) is 4.14. The molecule has 0 unspecified atom stereocenters. The molecule has 0 aliphatic rings. The van der Waals surface area contributed by atoms with Crippen LogP contribution in [0.5, 0.6) is 0 Å². The highest BCUT2D eigenvalue weighted by Gasteiger charge is 2.24. The number of carbonyl (C=O) groups is 4. The molecule has 9 nitrogen and oxygen atoms in total. The highest BCUT2D eigenvalue weighted by atomic mass is 16.2. The van der Waals surface area contributed by atoms with Crippen LogP contribution in [0.4, 0.5) is 0 Å². The van der Waals surface area contributed by atoms with Gasteiger partial charge in [0.2, 0.25) is 0 Å². The van der Waals surface area contributed by atoms with E-state index in [1.807, 2.05) is 5.43 Å². The van der Waals surface area contributed by atoms with Crippen molar-refractivity contribution in [3.63, 3.8) is 0 Å². The summed E-state index contributed by atoms with van der Waals surface area (Å²) in [5, 5.41) is 7.09. The van der Waals surface area contributed by atoms with E-state index in [4.69, 9.17) is 5.84 Å². The maximum Gasteiger partial charge on any atom is 0.266 e. The third kappa shape index (κ3) is 3.20. The molecule has 0 heterocycles.